The second-order valence-electron chi connectivity index (χ2n) is 3.41. The SMILES string of the molecule is CCOc1ccc(CN(C)CC#N)cc1. The minimum Gasteiger partial charge on any atom is -0.494 e. The third kappa shape index (κ3) is 4.01. The Balaban J connectivity index is 2.53. The van der Waals surface area contributed by atoms with Gasteiger partial charge in [0.15, 0.2) is 0 Å². The lowest BCUT2D eigenvalue weighted by atomic mass is 10.2. The topological polar surface area (TPSA) is 36.3 Å². The molecule has 0 spiro atoms. The monoisotopic (exact) mass is 204 g/mol. The molecular weight excluding hydrogens is 188 g/mol. The second kappa shape index (κ2) is 6.05. The second-order valence-corrected chi connectivity index (χ2v) is 3.41. The third-order valence-electron chi connectivity index (χ3n) is 2.03. The molecule has 0 fully saturated rings. The molecular formula is C12H16N2O. The summed E-state index contributed by atoms with van der Waals surface area (Å²) in [5.74, 6) is 0.893. The molecule has 3 heteroatoms. The molecule has 0 aliphatic carbocycles. The van der Waals surface area contributed by atoms with Gasteiger partial charge in [-0.05, 0) is 31.7 Å². The molecule has 15 heavy (non-hydrogen) atoms. The van der Waals surface area contributed by atoms with Crippen LogP contribution in [0.5, 0.6) is 5.75 Å². The van der Waals surface area contributed by atoms with Crippen molar-refractivity contribution in [3.63, 3.8) is 0 Å². The summed E-state index contributed by atoms with van der Waals surface area (Å²) in [4.78, 5) is 1.97. The average molecular weight is 204 g/mol. The first-order chi connectivity index (χ1) is 7.26. The van der Waals surface area contributed by atoms with Crippen LogP contribution >= 0.6 is 0 Å². The predicted molar refractivity (Wildman–Crippen MR) is 59.6 cm³/mol. The summed E-state index contributed by atoms with van der Waals surface area (Å²) in [6, 6.07) is 10.1. The van der Waals surface area contributed by atoms with Crippen molar-refractivity contribution in [3.8, 4) is 11.8 Å². The van der Waals surface area contributed by atoms with E-state index in [2.05, 4.69) is 6.07 Å². The molecule has 0 atom stereocenters. The van der Waals surface area contributed by atoms with Crippen LogP contribution in [0, 0.1) is 11.3 Å². The van der Waals surface area contributed by atoms with Crippen LogP contribution in [-0.4, -0.2) is 25.1 Å². The first-order valence-corrected chi connectivity index (χ1v) is 5.03. The Hall–Kier alpha value is -1.53. The highest BCUT2D eigenvalue weighted by molar-refractivity contribution is 5.27. The van der Waals surface area contributed by atoms with Crippen molar-refractivity contribution in [3.05, 3.63) is 29.8 Å². The Labute approximate surface area is 90.9 Å². The Morgan fingerprint density at radius 2 is 2.00 bits per heavy atom. The predicted octanol–water partition coefficient (Wildman–Crippen LogP) is 2.04. The maximum atomic E-state index is 8.52. The first-order valence-electron chi connectivity index (χ1n) is 5.03. The molecule has 0 saturated carbocycles. The molecule has 1 aromatic rings. The summed E-state index contributed by atoms with van der Waals surface area (Å²) < 4.78 is 5.35. The fraction of sp³-hybridized carbons (Fsp3) is 0.417. The fourth-order valence-electron chi connectivity index (χ4n) is 1.35. The van der Waals surface area contributed by atoms with Crippen LogP contribution in [0.4, 0.5) is 0 Å². The summed E-state index contributed by atoms with van der Waals surface area (Å²) in [6.45, 7) is 3.90. The van der Waals surface area contributed by atoms with E-state index in [4.69, 9.17) is 10.00 Å². The first kappa shape index (κ1) is 11.5. The lowest BCUT2D eigenvalue weighted by molar-refractivity contribution is 0.339. The highest BCUT2D eigenvalue weighted by Gasteiger charge is 1.99. The van der Waals surface area contributed by atoms with Crippen molar-refractivity contribution < 1.29 is 4.74 Å². The number of benzene rings is 1. The highest BCUT2D eigenvalue weighted by atomic mass is 16.5. The lowest BCUT2D eigenvalue weighted by Crippen LogP contribution is -2.17. The quantitative estimate of drug-likeness (QED) is 0.689. The van der Waals surface area contributed by atoms with Gasteiger partial charge in [0.2, 0.25) is 0 Å². The van der Waals surface area contributed by atoms with Gasteiger partial charge in [-0.2, -0.15) is 5.26 Å². The van der Waals surface area contributed by atoms with E-state index in [9.17, 15) is 0 Å². The summed E-state index contributed by atoms with van der Waals surface area (Å²) in [5, 5.41) is 8.52. The molecule has 0 aliphatic rings. The van der Waals surface area contributed by atoms with E-state index in [1.165, 1.54) is 5.56 Å². The molecule has 0 amide bonds. The van der Waals surface area contributed by atoms with Crippen molar-refractivity contribution in [1.29, 1.82) is 5.26 Å². The van der Waals surface area contributed by atoms with Crippen LogP contribution in [0.2, 0.25) is 0 Å². The van der Waals surface area contributed by atoms with Crippen LogP contribution < -0.4 is 4.74 Å². The summed E-state index contributed by atoms with van der Waals surface area (Å²) >= 11 is 0. The van der Waals surface area contributed by atoms with Gasteiger partial charge >= 0.3 is 0 Å². The molecule has 80 valence electrons. The highest BCUT2D eigenvalue weighted by Crippen LogP contribution is 2.12. The Morgan fingerprint density at radius 3 is 2.53 bits per heavy atom. The Bertz CT molecular complexity index is 326. The normalized spacial score (nSPS) is 10.0. The van der Waals surface area contributed by atoms with Crippen molar-refractivity contribution in [2.75, 3.05) is 20.2 Å². The van der Waals surface area contributed by atoms with E-state index in [1.807, 2.05) is 43.1 Å². The van der Waals surface area contributed by atoms with Crippen molar-refractivity contribution >= 4 is 0 Å². The zero-order valence-corrected chi connectivity index (χ0v) is 9.23. The van der Waals surface area contributed by atoms with Crippen molar-refractivity contribution in [2.24, 2.45) is 0 Å². The number of nitriles is 1. The number of hydrogen-bond acceptors (Lipinski definition) is 3. The van der Waals surface area contributed by atoms with Gasteiger partial charge in [-0.1, -0.05) is 12.1 Å². The zero-order valence-electron chi connectivity index (χ0n) is 9.23. The van der Waals surface area contributed by atoms with Gasteiger partial charge in [-0.3, -0.25) is 4.90 Å². The van der Waals surface area contributed by atoms with Crippen molar-refractivity contribution in [2.45, 2.75) is 13.5 Å². The van der Waals surface area contributed by atoms with Crippen LogP contribution in [0.3, 0.4) is 0 Å². The van der Waals surface area contributed by atoms with Crippen LogP contribution in [0.1, 0.15) is 12.5 Å². The molecule has 0 aliphatic heterocycles. The number of hydrogen-bond donors (Lipinski definition) is 0. The van der Waals surface area contributed by atoms with E-state index < -0.39 is 0 Å². The molecule has 0 aromatic heterocycles. The largest absolute Gasteiger partial charge is 0.494 e. The fourth-order valence-corrected chi connectivity index (χ4v) is 1.35. The van der Waals surface area contributed by atoms with Gasteiger partial charge in [0.05, 0.1) is 19.2 Å². The van der Waals surface area contributed by atoms with E-state index >= 15 is 0 Å². The molecule has 1 aromatic carbocycles. The van der Waals surface area contributed by atoms with Gasteiger partial charge in [0.1, 0.15) is 5.75 Å². The van der Waals surface area contributed by atoms with Gasteiger partial charge in [0, 0.05) is 6.54 Å². The van der Waals surface area contributed by atoms with Gasteiger partial charge in [-0.25, -0.2) is 0 Å². The summed E-state index contributed by atoms with van der Waals surface area (Å²) in [5.41, 5.74) is 1.19. The van der Waals surface area contributed by atoms with Crippen LogP contribution in [0.25, 0.3) is 0 Å². The van der Waals surface area contributed by atoms with Crippen molar-refractivity contribution in [1.82, 2.24) is 4.90 Å². The Morgan fingerprint density at radius 1 is 1.33 bits per heavy atom. The summed E-state index contributed by atoms with van der Waals surface area (Å²) in [7, 11) is 1.93. The van der Waals surface area contributed by atoms with Crippen LogP contribution in [-0.2, 0) is 6.54 Å². The molecule has 0 bridgehead atoms. The summed E-state index contributed by atoms with van der Waals surface area (Å²) in [6.07, 6.45) is 0. The Kier molecular flexibility index (Phi) is 4.65. The third-order valence-corrected chi connectivity index (χ3v) is 2.03. The molecule has 1 rings (SSSR count). The molecule has 0 saturated heterocycles. The number of nitrogens with zero attached hydrogens (tertiary/aromatic N) is 2. The van der Waals surface area contributed by atoms with E-state index in [-0.39, 0.29) is 0 Å². The lowest BCUT2D eigenvalue weighted by Gasteiger charge is -2.12. The zero-order chi connectivity index (χ0) is 11.1. The smallest absolute Gasteiger partial charge is 0.119 e. The van der Waals surface area contributed by atoms with E-state index in [1.54, 1.807) is 0 Å². The van der Waals surface area contributed by atoms with Crippen LogP contribution in [0.15, 0.2) is 24.3 Å². The number of rotatable bonds is 5. The average Bonchev–Trinajstić information content (AvgIpc) is 2.22. The maximum Gasteiger partial charge on any atom is 0.119 e. The minimum absolute atomic E-state index is 0.452. The number of ether oxygens (including phenoxy) is 1. The van der Waals surface area contributed by atoms with E-state index in [0.29, 0.717) is 13.2 Å². The minimum atomic E-state index is 0.452. The standard InChI is InChI=1S/C12H16N2O/c1-3-15-12-6-4-11(5-7-12)10-14(2)9-8-13/h4-7H,3,9-10H2,1-2H3. The maximum absolute atomic E-state index is 8.52. The molecule has 3 nitrogen and oxygen atoms in total. The van der Waals surface area contributed by atoms with Gasteiger partial charge in [0.25, 0.3) is 0 Å². The van der Waals surface area contributed by atoms with Gasteiger partial charge < -0.3 is 4.74 Å². The van der Waals surface area contributed by atoms with Gasteiger partial charge in [-0.15, -0.1) is 0 Å². The molecule has 0 N–H and O–H groups in total. The molecule has 0 radical (unpaired) electrons. The molecule has 0 unspecified atom stereocenters. The molecule has 0 heterocycles. The van der Waals surface area contributed by atoms with E-state index in [0.717, 1.165) is 12.3 Å².